The molecular formula is C14H32. The lowest BCUT2D eigenvalue weighted by molar-refractivity contribution is 0.215. The molecule has 1 aliphatic carbocycles. The fourth-order valence-corrected chi connectivity index (χ4v) is 1.34. The van der Waals surface area contributed by atoms with Crippen LogP contribution in [-0.2, 0) is 0 Å². The summed E-state index contributed by atoms with van der Waals surface area (Å²) >= 11 is 0. The summed E-state index contributed by atoms with van der Waals surface area (Å²) in [6.45, 7) is 15.2. The Hall–Kier alpha value is 0. The third-order valence-corrected chi connectivity index (χ3v) is 2.60. The van der Waals surface area contributed by atoms with E-state index >= 15 is 0 Å². The van der Waals surface area contributed by atoms with Crippen LogP contribution in [0.25, 0.3) is 0 Å². The molecule has 0 heterocycles. The minimum atomic E-state index is 0.833. The highest BCUT2D eigenvalue weighted by atomic mass is 14.3. The summed E-state index contributed by atoms with van der Waals surface area (Å²) in [6.07, 6.45) is 5.89. The summed E-state index contributed by atoms with van der Waals surface area (Å²) in [5, 5.41) is 0. The smallest absolute Gasteiger partial charge is 0.0389 e. The van der Waals surface area contributed by atoms with Crippen molar-refractivity contribution in [1.29, 1.82) is 0 Å². The van der Waals surface area contributed by atoms with Crippen molar-refractivity contribution in [3.8, 4) is 0 Å². The average Bonchev–Trinajstić information content (AvgIpc) is 2.04. The minimum absolute atomic E-state index is 0.833. The summed E-state index contributed by atoms with van der Waals surface area (Å²) in [5.41, 5.74) is 0. The predicted molar refractivity (Wildman–Crippen MR) is 68.7 cm³/mol. The maximum Gasteiger partial charge on any atom is -0.0389 e. The van der Waals surface area contributed by atoms with Crippen molar-refractivity contribution in [3.05, 3.63) is 0 Å². The predicted octanol–water partition coefficient (Wildman–Crippen LogP) is 5.52. The largest absolute Gasteiger partial charge is 0.0683 e. The van der Waals surface area contributed by atoms with Gasteiger partial charge >= 0.3 is 0 Å². The van der Waals surface area contributed by atoms with E-state index in [4.69, 9.17) is 0 Å². The molecule has 14 heavy (non-hydrogen) atoms. The second kappa shape index (κ2) is 11.1. The molecule has 1 aliphatic rings. The van der Waals surface area contributed by atoms with Crippen molar-refractivity contribution in [2.75, 3.05) is 0 Å². The lowest BCUT2D eigenvalue weighted by Crippen LogP contribution is -2.18. The van der Waals surface area contributed by atoms with Gasteiger partial charge in [-0.25, -0.2) is 0 Å². The fourth-order valence-electron chi connectivity index (χ4n) is 1.34. The van der Waals surface area contributed by atoms with E-state index in [1.807, 2.05) is 13.8 Å². The molecule has 0 aromatic heterocycles. The van der Waals surface area contributed by atoms with Gasteiger partial charge in [0.25, 0.3) is 0 Å². The van der Waals surface area contributed by atoms with Gasteiger partial charge in [0.2, 0.25) is 0 Å². The molecule has 0 amide bonds. The molecule has 0 bridgehead atoms. The van der Waals surface area contributed by atoms with Crippen LogP contribution in [-0.4, -0.2) is 0 Å². The maximum atomic E-state index is 2.38. The third kappa shape index (κ3) is 10.1. The van der Waals surface area contributed by atoms with E-state index in [2.05, 4.69) is 34.6 Å². The van der Waals surface area contributed by atoms with Gasteiger partial charge in [-0.1, -0.05) is 74.1 Å². The SMILES string of the molecule is CC.CC(C)C.CCC(C)C1CCC1. The van der Waals surface area contributed by atoms with E-state index in [-0.39, 0.29) is 0 Å². The molecule has 0 heteroatoms. The average molecular weight is 200 g/mol. The summed E-state index contributed by atoms with van der Waals surface area (Å²) in [7, 11) is 0. The Morgan fingerprint density at radius 2 is 1.36 bits per heavy atom. The van der Waals surface area contributed by atoms with E-state index in [1.165, 1.54) is 25.7 Å². The molecule has 0 spiro atoms. The molecule has 1 saturated carbocycles. The van der Waals surface area contributed by atoms with E-state index in [9.17, 15) is 0 Å². The van der Waals surface area contributed by atoms with Gasteiger partial charge in [-0.05, 0) is 17.8 Å². The van der Waals surface area contributed by atoms with Gasteiger partial charge in [-0.15, -0.1) is 0 Å². The molecule has 0 radical (unpaired) electrons. The van der Waals surface area contributed by atoms with Crippen molar-refractivity contribution in [3.63, 3.8) is 0 Å². The monoisotopic (exact) mass is 200 g/mol. The molecule has 1 atom stereocenters. The van der Waals surface area contributed by atoms with Crippen LogP contribution < -0.4 is 0 Å². The molecule has 0 saturated heterocycles. The summed E-state index contributed by atoms with van der Waals surface area (Å²) in [4.78, 5) is 0. The molecular weight excluding hydrogens is 168 g/mol. The zero-order chi connectivity index (χ0) is 11.6. The maximum absolute atomic E-state index is 2.38. The van der Waals surface area contributed by atoms with Crippen molar-refractivity contribution in [2.45, 2.75) is 74.1 Å². The van der Waals surface area contributed by atoms with Gasteiger partial charge in [0.1, 0.15) is 0 Å². The Kier molecular flexibility index (Phi) is 13.0. The fraction of sp³-hybridized carbons (Fsp3) is 1.00. The Labute approximate surface area is 92.5 Å². The van der Waals surface area contributed by atoms with E-state index < -0.39 is 0 Å². The number of hydrogen-bond acceptors (Lipinski definition) is 0. The van der Waals surface area contributed by atoms with E-state index in [1.54, 1.807) is 0 Å². The molecule has 1 unspecified atom stereocenters. The van der Waals surface area contributed by atoms with Gasteiger partial charge in [-0.2, -0.15) is 0 Å². The van der Waals surface area contributed by atoms with Crippen molar-refractivity contribution in [1.82, 2.24) is 0 Å². The Bertz CT molecular complexity index is 84.7. The number of rotatable bonds is 2. The standard InChI is InChI=1S/C8H16.C4H10.C2H6/c1-3-7(2)8-5-4-6-8;1-4(2)3;1-2/h7-8H,3-6H2,1-2H3;4H,1-3H3;1-2H3. The topological polar surface area (TPSA) is 0 Å². The first-order valence-electron chi connectivity index (χ1n) is 6.57. The summed E-state index contributed by atoms with van der Waals surface area (Å²) in [6, 6.07) is 0. The van der Waals surface area contributed by atoms with Crippen LogP contribution in [0, 0.1) is 17.8 Å². The molecule has 1 rings (SSSR count). The molecule has 0 aliphatic heterocycles. The first kappa shape index (κ1) is 16.4. The second-order valence-electron chi connectivity index (χ2n) is 4.81. The van der Waals surface area contributed by atoms with Crippen LogP contribution in [0.15, 0.2) is 0 Å². The molecule has 0 nitrogen and oxygen atoms in total. The van der Waals surface area contributed by atoms with Crippen LogP contribution in [0.2, 0.25) is 0 Å². The highest BCUT2D eigenvalue weighted by Gasteiger charge is 2.21. The van der Waals surface area contributed by atoms with Crippen LogP contribution >= 0.6 is 0 Å². The molecule has 0 N–H and O–H groups in total. The van der Waals surface area contributed by atoms with Gasteiger partial charge in [-0.3, -0.25) is 0 Å². The lowest BCUT2D eigenvalue weighted by atomic mass is 9.76. The lowest BCUT2D eigenvalue weighted by Gasteiger charge is -2.30. The van der Waals surface area contributed by atoms with Crippen LogP contribution in [0.4, 0.5) is 0 Å². The van der Waals surface area contributed by atoms with Crippen molar-refractivity contribution in [2.24, 2.45) is 17.8 Å². The summed E-state index contributed by atoms with van der Waals surface area (Å²) in [5.74, 6) is 2.93. The highest BCUT2D eigenvalue weighted by Crippen LogP contribution is 2.34. The molecule has 0 aromatic rings. The first-order chi connectivity index (χ1) is 6.57. The Morgan fingerprint density at radius 1 is 1.00 bits per heavy atom. The molecule has 88 valence electrons. The quantitative estimate of drug-likeness (QED) is 0.550. The van der Waals surface area contributed by atoms with Crippen LogP contribution in [0.3, 0.4) is 0 Å². The van der Waals surface area contributed by atoms with Crippen molar-refractivity contribution < 1.29 is 0 Å². The van der Waals surface area contributed by atoms with Gasteiger partial charge in [0.15, 0.2) is 0 Å². The van der Waals surface area contributed by atoms with E-state index in [0.29, 0.717) is 0 Å². The first-order valence-corrected chi connectivity index (χ1v) is 6.57. The number of hydrogen-bond donors (Lipinski definition) is 0. The molecule has 1 fully saturated rings. The van der Waals surface area contributed by atoms with Gasteiger partial charge in [0.05, 0.1) is 0 Å². The van der Waals surface area contributed by atoms with E-state index in [0.717, 1.165) is 17.8 Å². The normalized spacial score (nSPS) is 17.1. The van der Waals surface area contributed by atoms with Crippen LogP contribution in [0.1, 0.15) is 74.1 Å². The van der Waals surface area contributed by atoms with Crippen LogP contribution in [0.5, 0.6) is 0 Å². The Morgan fingerprint density at radius 3 is 1.43 bits per heavy atom. The zero-order valence-corrected chi connectivity index (χ0v) is 11.6. The second-order valence-corrected chi connectivity index (χ2v) is 4.81. The minimum Gasteiger partial charge on any atom is -0.0683 e. The third-order valence-electron chi connectivity index (χ3n) is 2.60. The van der Waals surface area contributed by atoms with Gasteiger partial charge in [0, 0.05) is 0 Å². The summed E-state index contributed by atoms with van der Waals surface area (Å²) < 4.78 is 0. The Balaban J connectivity index is 0. The molecule has 0 aromatic carbocycles. The highest BCUT2D eigenvalue weighted by molar-refractivity contribution is 4.73. The zero-order valence-electron chi connectivity index (χ0n) is 11.6. The van der Waals surface area contributed by atoms with Gasteiger partial charge < -0.3 is 0 Å². The van der Waals surface area contributed by atoms with Crippen molar-refractivity contribution >= 4 is 0 Å².